The zero-order valence-electron chi connectivity index (χ0n) is 12.6. The van der Waals surface area contributed by atoms with Crippen molar-refractivity contribution in [2.75, 3.05) is 0 Å². The Morgan fingerprint density at radius 1 is 1.14 bits per heavy atom. The van der Waals surface area contributed by atoms with E-state index in [0.717, 1.165) is 37.0 Å². The van der Waals surface area contributed by atoms with Crippen LogP contribution in [0.15, 0.2) is 18.2 Å². The highest BCUT2D eigenvalue weighted by Crippen LogP contribution is 2.55. The van der Waals surface area contributed by atoms with Gasteiger partial charge in [0.25, 0.3) is 5.91 Å². The topological polar surface area (TPSA) is 49.3 Å². The van der Waals surface area contributed by atoms with Crippen LogP contribution in [0.1, 0.15) is 54.4 Å². The van der Waals surface area contributed by atoms with Gasteiger partial charge in [0.05, 0.1) is 0 Å². The molecule has 21 heavy (non-hydrogen) atoms. The Morgan fingerprint density at radius 2 is 1.71 bits per heavy atom. The zero-order chi connectivity index (χ0) is 14.6. The van der Waals surface area contributed by atoms with Crippen LogP contribution >= 0.6 is 0 Å². The van der Waals surface area contributed by atoms with Crippen LogP contribution in [0.25, 0.3) is 0 Å². The SMILES string of the molecule is Cc1c(O)cccc1C(=O)NC12CC3CC(CC(C3)C1)C2. The molecule has 0 radical (unpaired) electrons. The van der Waals surface area contributed by atoms with Gasteiger partial charge >= 0.3 is 0 Å². The van der Waals surface area contributed by atoms with Gasteiger partial charge in [-0.3, -0.25) is 4.79 Å². The van der Waals surface area contributed by atoms with Gasteiger partial charge in [-0.1, -0.05) is 6.07 Å². The highest BCUT2D eigenvalue weighted by molar-refractivity contribution is 5.96. The molecule has 0 saturated heterocycles. The van der Waals surface area contributed by atoms with E-state index in [2.05, 4.69) is 5.32 Å². The van der Waals surface area contributed by atoms with Gasteiger partial charge in [0.2, 0.25) is 0 Å². The van der Waals surface area contributed by atoms with Crippen molar-refractivity contribution in [3.63, 3.8) is 0 Å². The Morgan fingerprint density at radius 3 is 2.29 bits per heavy atom. The van der Waals surface area contributed by atoms with Gasteiger partial charge in [-0.2, -0.15) is 0 Å². The fraction of sp³-hybridized carbons (Fsp3) is 0.611. The van der Waals surface area contributed by atoms with Crippen molar-refractivity contribution in [1.82, 2.24) is 5.32 Å². The minimum absolute atomic E-state index is 0.00894. The van der Waals surface area contributed by atoms with Crippen LogP contribution in [0, 0.1) is 24.7 Å². The van der Waals surface area contributed by atoms with Crippen LogP contribution in [0.3, 0.4) is 0 Å². The molecule has 2 N–H and O–H groups in total. The van der Waals surface area contributed by atoms with Gasteiger partial charge in [0.1, 0.15) is 5.75 Å². The average molecular weight is 285 g/mol. The molecule has 3 heteroatoms. The Balaban J connectivity index is 1.58. The molecule has 4 aliphatic carbocycles. The van der Waals surface area contributed by atoms with Crippen molar-refractivity contribution in [2.45, 2.75) is 51.0 Å². The van der Waals surface area contributed by atoms with Gasteiger partial charge in [-0.05, 0) is 75.3 Å². The summed E-state index contributed by atoms with van der Waals surface area (Å²) >= 11 is 0. The number of phenols is 1. The first-order valence-corrected chi connectivity index (χ1v) is 8.16. The van der Waals surface area contributed by atoms with Crippen LogP contribution in [0.4, 0.5) is 0 Å². The smallest absolute Gasteiger partial charge is 0.252 e. The maximum absolute atomic E-state index is 12.7. The number of carbonyl (C=O) groups excluding carboxylic acids is 1. The van der Waals surface area contributed by atoms with E-state index in [-0.39, 0.29) is 17.2 Å². The van der Waals surface area contributed by atoms with Crippen molar-refractivity contribution in [1.29, 1.82) is 0 Å². The van der Waals surface area contributed by atoms with E-state index in [4.69, 9.17) is 0 Å². The van der Waals surface area contributed by atoms with Crippen LogP contribution < -0.4 is 5.32 Å². The molecule has 4 fully saturated rings. The summed E-state index contributed by atoms with van der Waals surface area (Å²) in [5.41, 5.74) is 1.33. The Bertz CT molecular complexity index is 558. The van der Waals surface area contributed by atoms with Gasteiger partial charge in [0.15, 0.2) is 0 Å². The van der Waals surface area contributed by atoms with Crippen LogP contribution in [0.5, 0.6) is 5.75 Å². The van der Waals surface area contributed by atoms with Crippen LogP contribution in [-0.4, -0.2) is 16.6 Å². The van der Waals surface area contributed by atoms with Gasteiger partial charge < -0.3 is 10.4 Å². The lowest BCUT2D eigenvalue weighted by atomic mass is 9.53. The summed E-state index contributed by atoms with van der Waals surface area (Å²) in [6.45, 7) is 1.81. The summed E-state index contributed by atoms with van der Waals surface area (Å²) in [5.74, 6) is 2.66. The number of carbonyl (C=O) groups is 1. The minimum atomic E-state index is -0.00894. The van der Waals surface area contributed by atoms with E-state index in [0.29, 0.717) is 11.1 Å². The molecule has 4 bridgehead atoms. The van der Waals surface area contributed by atoms with E-state index in [9.17, 15) is 9.90 Å². The lowest BCUT2D eigenvalue weighted by molar-refractivity contribution is -0.0167. The Kier molecular flexibility index (Phi) is 2.82. The monoisotopic (exact) mass is 285 g/mol. The first kappa shape index (κ1) is 13.2. The van der Waals surface area contributed by atoms with E-state index < -0.39 is 0 Å². The van der Waals surface area contributed by atoms with Crippen molar-refractivity contribution in [2.24, 2.45) is 17.8 Å². The van der Waals surface area contributed by atoms with Crippen LogP contribution in [0.2, 0.25) is 0 Å². The molecule has 1 amide bonds. The third-order valence-corrected chi connectivity index (χ3v) is 5.97. The number of rotatable bonds is 2. The molecule has 0 unspecified atom stereocenters. The summed E-state index contributed by atoms with van der Waals surface area (Å²) in [6.07, 6.45) is 7.59. The second kappa shape index (κ2) is 4.49. The Labute approximate surface area is 125 Å². The van der Waals surface area contributed by atoms with Crippen molar-refractivity contribution in [3.8, 4) is 5.75 Å². The first-order valence-electron chi connectivity index (χ1n) is 8.16. The Hall–Kier alpha value is -1.51. The second-order valence-electron chi connectivity index (χ2n) is 7.60. The molecule has 112 valence electrons. The molecule has 4 saturated carbocycles. The molecule has 0 heterocycles. The number of hydrogen-bond donors (Lipinski definition) is 2. The molecule has 0 spiro atoms. The summed E-state index contributed by atoms with van der Waals surface area (Å²) in [7, 11) is 0. The molecule has 1 aromatic rings. The second-order valence-corrected chi connectivity index (χ2v) is 7.60. The largest absolute Gasteiger partial charge is 0.508 e. The molecule has 1 aromatic carbocycles. The van der Waals surface area contributed by atoms with Crippen LogP contribution in [-0.2, 0) is 0 Å². The van der Waals surface area contributed by atoms with Crippen molar-refractivity contribution < 1.29 is 9.90 Å². The van der Waals surface area contributed by atoms with Gasteiger partial charge in [-0.25, -0.2) is 0 Å². The third-order valence-electron chi connectivity index (χ3n) is 5.97. The van der Waals surface area contributed by atoms with E-state index >= 15 is 0 Å². The molecule has 4 aliphatic rings. The van der Waals surface area contributed by atoms with Crippen molar-refractivity contribution >= 4 is 5.91 Å². The number of benzene rings is 1. The highest BCUT2D eigenvalue weighted by Gasteiger charge is 2.51. The fourth-order valence-electron chi connectivity index (χ4n) is 5.44. The summed E-state index contributed by atoms with van der Waals surface area (Å²) in [5, 5.41) is 13.2. The lowest BCUT2D eigenvalue weighted by Crippen LogP contribution is -2.59. The summed E-state index contributed by atoms with van der Waals surface area (Å²) in [6, 6.07) is 5.19. The van der Waals surface area contributed by atoms with E-state index in [1.807, 2.05) is 13.0 Å². The number of amides is 1. The molecule has 0 aromatic heterocycles. The zero-order valence-corrected chi connectivity index (χ0v) is 12.6. The third kappa shape index (κ3) is 2.14. The molecule has 5 rings (SSSR count). The quantitative estimate of drug-likeness (QED) is 0.875. The normalized spacial score (nSPS) is 36.7. The molecule has 3 nitrogen and oxygen atoms in total. The van der Waals surface area contributed by atoms with Crippen molar-refractivity contribution in [3.05, 3.63) is 29.3 Å². The number of hydrogen-bond acceptors (Lipinski definition) is 2. The van der Waals surface area contributed by atoms with Gasteiger partial charge in [-0.15, -0.1) is 0 Å². The minimum Gasteiger partial charge on any atom is -0.508 e. The lowest BCUT2D eigenvalue weighted by Gasteiger charge is -2.56. The maximum Gasteiger partial charge on any atom is 0.252 e. The number of aromatic hydroxyl groups is 1. The fourth-order valence-corrected chi connectivity index (χ4v) is 5.44. The van der Waals surface area contributed by atoms with E-state index in [1.54, 1.807) is 12.1 Å². The average Bonchev–Trinajstić information content (AvgIpc) is 2.39. The molecule has 0 aliphatic heterocycles. The molecular formula is C18H23NO2. The molecular weight excluding hydrogens is 262 g/mol. The standard InChI is InChI=1S/C18H23NO2/c1-11-15(3-2-4-16(11)20)17(21)19-18-8-12-5-13(9-18)7-14(6-12)10-18/h2-4,12-14,20H,5-10H2,1H3,(H,19,21). The number of phenolic OH excluding ortho intramolecular Hbond substituents is 1. The molecule has 0 atom stereocenters. The first-order chi connectivity index (χ1) is 10.0. The summed E-state index contributed by atoms with van der Waals surface area (Å²) in [4.78, 5) is 12.7. The number of nitrogens with one attached hydrogen (secondary N) is 1. The van der Waals surface area contributed by atoms with Gasteiger partial charge in [0, 0.05) is 16.7 Å². The summed E-state index contributed by atoms with van der Waals surface area (Å²) < 4.78 is 0. The predicted octanol–water partition coefficient (Wildman–Crippen LogP) is 3.40. The highest BCUT2D eigenvalue weighted by atomic mass is 16.3. The van der Waals surface area contributed by atoms with E-state index in [1.165, 1.54) is 19.3 Å². The maximum atomic E-state index is 12.7. The predicted molar refractivity (Wildman–Crippen MR) is 81.2 cm³/mol.